The molecule has 0 saturated heterocycles. The van der Waals surface area contributed by atoms with E-state index in [1.54, 1.807) is 0 Å². The van der Waals surface area contributed by atoms with E-state index in [0.29, 0.717) is 0 Å². The number of aliphatic hydroxyl groups is 2. The van der Waals surface area contributed by atoms with Crippen LogP contribution in [0.1, 0.15) is 0 Å². The average Bonchev–Trinajstić information content (AvgIpc) is 1.86. The lowest BCUT2D eigenvalue weighted by atomic mass is 10.4. The minimum Gasteiger partial charge on any atom is -0.392 e. The molecule has 0 spiro atoms. The smallest absolute Gasteiger partial charge is 0.358 e. The third kappa shape index (κ3) is 1.71. The lowest BCUT2D eigenvalue weighted by Crippen LogP contribution is -2.28. The van der Waals surface area contributed by atoms with Gasteiger partial charge in [-0.05, 0) is 0 Å². The first-order chi connectivity index (χ1) is 4.06. The van der Waals surface area contributed by atoms with Crippen LogP contribution in [0, 0.1) is 0 Å². The summed E-state index contributed by atoms with van der Waals surface area (Å²) in [5.41, 5.74) is 0. The molecular formula is C3H5O5P. The van der Waals surface area contributed by atoms with E-state index in [9.17, 15) is 13.9 Å². The Morgan fingerprint density at radius 2 is 2.00 bits per heavy atom. The largest absolute Gasteiger partial charge is 0.392 e. The normalized spacial score (nSPS) is 16.2. The summed E-state index contributed by atoms with van der Waals surface area (Å²) >= 11 is 0. The summed E-state index contributed by atoms with van der Waals surface area (Å²) < 4.78 is 19.8. The number of hydrogen-bond acceptors (Lipinski definition) is 5. The highest BCUT2D eigenvalue weighted by atomic mass is 31.1. The second-order valence-corrected chi connectivity index (χ2v) is 2.70. The van der Waals surface area contributed by atoms with Crippen LogP contribution >= 0.6 is 7.68 Å². The van der Waals surface area contributed by atoms with Crippen LogP contribution in [-0.4, -0.2) is 28.4 Å². The molecule has 0 aromatic rings. The molecule has 2 N–H and O–H groups in total. The number of aldehydes is 1. The molecule has 0 bridgehead atoms. The number of hydrogen-bond donors (Lipinski definition) is 2. The second kappa shape index (κ2) is 2.87. The predicted octanol–water partition coefficient (Wildman–Crippen LogP) is -0.961. The molecule has 0 aromatic heterocycles. The summed E-state index contributed by atoms with van der Waals surface area (Å²) in [7, 11) is -3.31. The zero-order valence-corrected chi connectivity index (χ0v) is 5.25. The van der Waals surface area contributed by atoms with Crippen LogP contribution in [0.2, 0.25) is 0 Å². The molecule has 0 aliphatic heterocycles. The second-order valence-electron chi connectivity index (χ2n) is 1.41. The molecule has 0 fully saturated rings. The Balaban J connectivity index is 4.47. The van der Waals surface area contributed by atoms with Crippen molar-refractivity contribution >= 4 is 14.0 Å². The zero-order chi connectivity index (χ0) is 7.49. The maximum Gasteiger partial charge on any atom is 0.358 e. The van der Waals surface area contributed by atoms with E-state index in [2.05, 4.69) is 0 Å². The molecule has 6 heteroatoms. The molecule has 0 aliphatic carbocycles. The van der Waals surface area contributed by atoms with Gasteiger partial charge in [0.05, 0.1) is 6.61 Å². The first-order valence-electron chi connectivity index (χ1n) is 2.01. The molecule has 5 nitrogen and oxygen atoms in total. The third-order valence-electron chi connectivity index (χ3n) is 0.738. The van der Waals surface area contributed by atoms with Gasteiger partial charge in [0.1, 0.15) is 0 Å². The molecular weight excluding hydrogens is 147 g/mol. The summed E-state index contributed by atoms with van der Waals surface area (Å²) in [6.45, 7) is -1.10. The van der Waals surface area contributed by atoms with Gasteiger partial charge >= 0.3 is 7.68 Å². The first kappa shape index (κ1) is 8.49. The van der Waals surface area contributed by atoms with Crippen LogP contribution in [0.4, 0.5) is 0 Å². The van der Waals surface area contributed by atoms with Crippen LogP contribution in [-0.2, 0) is 13.9 Å². The summed E-state index contributed by atoms with van der Waals surface area (Å²) in [5, 5.41) is 14.0. The van der Waals surface area contributed by atoms with Crippen LogP contribution in [0.25, 0.3) is 0 Å². The van der Waals surface area contributed by atoms with Crippen molar-refractivity contribution in [3.8, 4) is 0 Å². The highest BCUT2D eigenvalue weighted by Gasteiger charge is 2.32. The van der Waals surface area contributed by atoms with E-state index in [1.807, 2.05) is 0 Å². The topological polar surface area (TPSA) is 91.7 Å². The van der Waals surface area contributed by atoms with Crippen molar-refractivity contribution in [3.05, 3.63) is 0 Å². The number of aliphatic hydroxyl groups excluding tert-OH is 1. The van der Waals surface area contributed by atoms with Gasteiger partial charge in [-0.25, -0.2) is 9.13 Å². The summed E-state index contributed by atoms with van der Waals surface area (Å²) in [4.78, 5) is 9.71. The van der Waals surface area contributed by atoms with Crippen molar-refractivity contribution in [3.63, 3.8) is 0 Å². The maximum absolute atomic E-state index is 9.88. The van der Waals surface area contributed by atoms with Gasteiger partial charge in [0.2, 0.25) is 0 Å². The SMILES string of the molecule is O=CC(O)(CO)P(=O)=O. The maximum atomic E-state index is 9.88. The van der Waals surface area contributed by atoms with Crippen LogP contribution in [0.15, 0.2) is 0 Å². The van der Waals surface area contributed by atoms with E-state index in [1.165, 1.54) is 0 Å². The van der Waals surface area contributed by atoms with Crippen LogP contribution in [0.3, 0.4) is 0 Å². The lowest BCUT2D eigenvalue weighted by Gasteiger charge is -2.05. The fourth-order valence-corrected chi connectivity index (χ4v) is 0.340. The molecule has 0 aliphatic rings. The van der Waals surface area contributed by atoms with Crippen molar-refractivity contribution in [1.82, 2.24) is 0 Å². The molecule has 0 amide bonds. The van der Waals surface area contributed by atoms with E-state index in [4.69, 9.17) is 10.2 Å². The van der Waals surface area contributed by atoms with E-state index >= 15 is 0 Å². The van der Waals surface area contributed by atoms with E-state index in [-0.39, 0.29) is 6.29 Å². The van der Waals surface area contributed by atoms with Gasteiger partial charge in [0, 0.05) is 0 Å². The molecule has 1 atom stereocenters. The van der Waals surface area contributed by atoms with Crippen LogP contribution in [0.5, 0.6) is 0 Å². The lowest BCUT2D eigenvalue weighted by molar-refractivity contribution is -0.119. The molecule has 0 heterocycles. The van der Waals surface area contributed by atoms with Gasteiger partial charge in [-0.2, -0.15) is 0 Å². The van der Waals surface area contributed by atoms with Gasteiger partial charge < -0.3 is 10.2 Å². The Morgan fingerprint density at radius 3 is 2.00 bits per heavy atom. The van der Waals surface area contributed by atoms with Gasteiger partial charge in [0.15, 0.2) is 6.29 Å². The van der Waals surface area contributed by atoms with Crippen LogP contribution < -0.4 is 0 Å². The van der Waals surface area contributed by atoms with Gasteiger partial charge in [-0.1, -0.05) is 0 Å². The molecule has 52 valence electrons. The number of carbonyl (C=O) groups is 1. The summed E-state index contributed by atoms with van der Waals surface area (Å²) in [5.74, 6) is 0. The van der Waals surface area contributed by atoms with E-state index in [0.717, 1.165) is 0 Å². The minimum absolute atomic E-state index is 0.224. The Kier molecular flexibility index (Phi) is 2.70. The van der Waals surface area contributed by atoms with Crippen molar-refractivity contribution in [2.45, 2.75) is 5.34 Å². The molecule has 0 radical (unpaired) electrons. The standard InChI is InChI=1S/C3H5O5P/c4-1-3(6,2-5)9(7)8/h1,5-6H,2H2. The minimum atomic E-state index is -3.31. The fourth-order valence-electron chi connectivity index (χ4n) is 0.138. The molecule has 0 rings (SSSR count). The third-order valence-corrected chi connectivity index (χ3v) is 1.62. The average molecular weight is 152 g/mol. The summed E-state index contributed by atoms with van der Waals surface area (Å²) in [6.07, 6.45) is -0.224. The Hall–Kier alpha value is -0.510. The number of rotatable bonds is 3. The van der Waals surface area contributed by atoms with Gasteiger partial charge in [-0.3, -0.25) is 4.79 Å². The number of carbonyl (C=O) groups excluding carboxylic acids is 1. The Bertz CT molecular complexity index is 165. The van der Waals surface area contributed by atoms with Crippen molar-refractivity contribution in [1.29, 1.82) is 0 Å². The van der Waals surface area contributed by atoms with Crippen molar-refractivity contribution in [2.24, 2.45) is 0 Å². The molecule has 9 heavy (non-hydrogen) atoms. The summed E-state index contributed by atoms with van der Waals surface area (Å²) in [6, 6.07) is 0. The molecule has 0 saturated carbocycles. The monoisotopic (exact) mass is 152 g/mol. The van der Waals surface area contributed by atoms with E-state index < -0.39 is 19.6 Å². The Morgan fingerprint density at radius 1 is 1.56 bits per heavy atom. The highest BCUT2D eigenvalue weighted by Crippen LogP contribution is 2.22. The Labute approximate surface area is 51.1 Å². The molecule has 0 aromatic carbocycles. The van der Waals surface area contributed by atoms with Gasteiger partial charge in [0.25, 0.3) is 5.34 Å². The highest BCUT2D eigenvalue weighted by molar-refractivity contribution is 7.34. The van der Waals surface area contributed by atoms with Gasteiger partial charge in [-0.15, -0.1) is 0 Å². The fraction of sp³-hybridized carbons (Fsp3) is 0.667. The molecule has 1 unspecified atom stereocenters. The van der Waals surface area contributed by atoms with Crippen molar-refractivity contribution in [2.75, 3.05) is 6.61 Å². The predicted molar refractivity (Wildman–Crippen MR) is 26.4 cm³/mol. The zero-order valence-electron chi connectivity index (χ0n) is 4.35. The first-order valence-corrected chi connectivity index (χ1v) is 3.18. The quantitative estimate of drug-likeness (QED) is 0.401. The van der Waals surface area contributed by atoms with Crippen molar-refractivity contribution < 1.29 is 24.1 Å².